The predicted molar refractivity (Wildman–Crippen MR) is 70.6 cm³/mol. The van der Waals surface area contributed by atoms with E-state index in [0.29, 0.717) is 0 Å². The number of rotatable bonds is 2. The van der Waals surface area contributed by atoms with E-state index < -0.39 is 0 Å². The molecule has 88 valence electrons. The fourth-order valence-electron chi connectivity index (χ4n) is 1.62. The lowest BCUT2D eigenvalue weighted by atomic mass is 10.3. The van der Waals surface area contributed by atoms with E-state index in [1.807, 2.05) is 32.0 Å². The van der Waals surface area contributed by atoms with Crippen LogP contribution in [-0.4, -0.2) is 12.0 Å². The molecule has 0 amide bonds. The fraction of sp³-hybridized carbons (Fsp3) is 0.462. The van der Waals surface area contributed by atoms with Gasteiger partial charge in [0.25, 0.3) is 0 Å². The fourth-order valence-corrected chi connectivity index (χ4v) is 1.62. The molecule has 0 saturated carbocycles. The van der Waals surface area contributed by atoms with Gasteiger partial charge < -0.3 is 0 Å². The van der Waals surface area contributed by atoms with Gasteiger partial charge in [0.1, 0.15) is 12.0 Å². The summed E-state index contributed by atoms with van der Waals surface area (Å²) in [4.78, 5) is 4.50. The average molecular weight is 219 g/mol. The van der Waals surface area contributed by atoms with Crippen molar-refractivity contribution in [3.63, 3.8) is 0 Å². The van der Waals surface area contributed by atoms with Crippen molar-refractivity contribution in [2.45, 2.75) is 40.3 Å². The molecule has 0 aromatic heterocycles. The van der Waals surface area contributed by atoms with E-state index >= 15 is 0 Å². The molecule has 1 N–H and O–H groups in total. The molecule has 16 heavy (non-hydrogen) atoms. The molecule has 0 bridgehead atoms. The molecule has 0 aliphatic carbocycles. The summed E-state index contributed by atoms with van der Waals surface area (Å²) in [7, 11) is 0. The van der Waals surface area contributed by atoms with Gasteiger partial charge in [0.05, 0.1) is 5.69 Å². The minimum atomic E-state index is 0.185. The summed E-state index contributed by atoms with van der Waals surface area (Å²) in [5.74, 6) is 1.10. The Hall–Kier alpha value is -1.35. The van der Waals surface area contributed by atoms with Crippen molar-refractivity contribution in [1.29, 1.82) is 0 Å². The van der Waals surface area contributed by atoms with Crippen LogP contribution in [0.3, 0.4) is 0 Å². The number of hydrogen-bond donors (Lipinski definition) is 1. The largest absolute Gasteiger partial charge is 0.262 e. The van der Waals surface area contributed by atoms with E-state index in [-0.39, 0.29) is 6.17 Å². The first kappa shape index (κ1) is 12.7. The standard InChI is InChI=1S/C11H15N3.C2H6/c1-3-11-12-9(2)13-14(11)10-7-5-4-6-8-10;1-2/h4-9,13H,3H2,1-2H3;1-2H3. The number of hydrazine groups is 1. The summed E-state index contributed by atoms with van der Waals surface area (Å²) in [5.41, 5.74) is 4.45. The number of nitrogens with one attached hydrogen (secondary N) is 1. The van der Waals surface area contributed by atoms with Gasteiger partial charge in [-0.15, -0.1) is 0 Å². The Bertz CT molecular complexity index is 332. The molecule has 0 radical (unpaired) electrons. The maximum absolute atomic E-state index is 4.50. The third-order valence-corrected chi connectivity index (χ3v) is 2.25. The summed E-state index contributed by atoms with van der Waals surface area (Å²) >= 11 is 0. The van der Waals surface area contributed by atoms with Gasteiger partial charge in [-0.2, -0.15) is 0 Å². The lowest BCUT2D eigenvalue weighted by Gasteiger charge is -2.20. The zero-order valence-electron chi connectivity index (χ0n) is 10.6. The third-order valence-electron chi connectivity index (χ3n) is 2.25. The van der Waals surface area contributed by atoms with Crippen LogP contribution >= 0.6 is 0 Å². The molecule has 3 heteroatoms. The van der Waals surface area contributed by atoms with Crippen molar-refractivity contribution >= 4 is 11.5 Å². The molecule has 1 atom stereocenters. The highest BCUT2D eigenvalue weighted by atomic mass is 15.6. The second-order valence-electron chi connectivity index (χ2n) is 3.37. The second kappa shape index (κ2) is 6.28. The van der Waals surface area contributed by atoms with Crippen LogP contribution in [0.5, 0.6) is 0 Å². The van der Waals surface area contributed by atoms with Gasteiger partial charge >= 0.3 is 0 Å². The number of anilines is 1. The molecule has 3 nitrogen and oxygen atoms in total. The van der Waals surface area contributed by atoms with Gasteiger partial charge in [-0.1, -0.05) is 39.0 Å². The van der Waals surface area contributed by atoms with Crippen LogP contribution in [0.1, 0.15) is 34.1 Å². The van der Waals surface area contributed by atoms with E-state index in [9.17, 15) is 0 Å². The van der Waals surface area contributed by atoms with E-state index in [1.165, 1.54) is 0 Å². The monoisotopic (exact) mass is 219 g/mol. The summed E-state index contributed by atoms with van der Waals surface area (Å²) < 4.78 is 0. The Morgan fingerprint density at radius 3 is 2.44 bits per heavy atom. The Morgan fingerprint density at radius 2 is 1.88 bits per heavy atom. The normalized spacial score (nSPS) is 18.9. The smallest absolute Gasteiger partial charge is 0.120 e. The number of hydrogen-bond acceptors (Lipinski definition) is 3. The van der Waals surface area contributed by atoms with Gasteiger partial charge in [0.15, 0.2) is 0 Å². The number of amidine groups is 1. The van der Waals surface area contributed by atoms with Crippen molar-refractivity contribution in [3.8, 4) is 0 Å². The Kier molecular flexibility index (Phi) is 4.99. The quantitative estimate of drug-likeness (QED) is 0.827. The van der Waals surface area contributed by atoms with E-state index in [1.54, 1.807) is 0 Å². The van der Waals surface area contributed by atoms with Gasteiger partial charge in [-0.05, 0) is 19.1 Å². The first-order valence-corrected chi connectivity index (χ1v) is 5.99. The topological polar surface area (TPSA) is 27.6 Å². The maximum Gasteiger partial charge on any atom is 0.120 e. The van der Waals surface area contributed by atoms with E-state index in [2.05, 4.69) is 41.4 Å². The number of nitrogens with zero attached hydrogens (tertiary/aromatic N) is 2. The molecule has 1 aromatic carbocycles. The van der Waals surface area contributed by atoms with Crippen molar-refractivity contribution in [3.05, 3.63) is 30.3 Å². The third kappa shape index (κ3) is 2.83. The zero-order chi connectivity index (χ0) is 12.0. The Morgan fingerprint density at radius 1 is 1.25 bits per heavy atom. The molecule has 0 fully saturated rings. The zero-order valence-corrected chi connectivity index (χ0v) is 10.6. The molecule has 0 spiro atoms. The van der Waals surface area contributed by atoms with Gasteiger partial charge in [0, 0.05) is 6.42 Å². The van der Waals surface area contributed by atoms with Crippen molar-refractivity contribution in [2.24, 2.45) is 4.99 Å². The molecule has 2 rings (SSSR count). The van der Waals surface area contributed by atoms with Crippen molar-refractivity contribution in [1.82, 2.24) is 5.43 Å². The highest BCUT2D eigenvalue weighted by molar-refractivity contribution is 5.98. The van der Waals surface area contributed by atoms with E-state index in [4.69, 9.17) is 0 Å². The molecular weight excluding hydrogens is 198 g/mol. The van der Waals surface area contributed by atoms with Crippen LogP contribution < -0.4 is 10.4 Å². The molecule has 1 aromatic rings. The summed E-state index contributed by atoms with van der Waals surface area (Å²) in [5, 5.41) is 2.06. The SMILES string of the molecule is CC.CCC1=NC(C)NN1c1ccccc1. The first-order valence-electron chi connectivity index (χ1n) is 5.99. The average Bonchev–Trinajstić information content (AvgIpc) is 2.74. The maximum atomic E-state index is 4.50. The van der Waals surface area contributed by atoms with Crippen LogP contribution in [0.15, 0.2) is 35.3 Å². The van der Waals surface area contributed by atoms with E-state index in [0.717, 1.165) is 17.9 Å². The molecule has 1 aliphatic rings. The predicted octanol–water partition coefficient (Wildman–Crippen LogP) is 3.19. The van der Waals surface area contributed by atoms with Crippen LogP contribution in [-0.2, 0) is 0 Å². The first-order chi connectivity index (χ1) is 7.81. The molecule has 1 aliphatic heterocycles. The Balaban J connectivity index is 0.000000606. The van der Waals surface area contributed by atoms with Gasteiger partial charge in [0.2, 0.25) is 0 Å². The summed E-state index contributed by atoms with van der Waals surface area (Å²) in [6, 6.07) is 10.2. The molecule has 1 unspecified atom stereocenters. The van der Waals surface area contributed by atoms with Crippen LogP contribution in [0.4, 0.5) is 5.69 Å². The summed E-state index contributed by atoms with van der Waals surface area (Å²) in [6.07, 6.45) is 1.14. The minimum Gasteiger partial charge on any atom is -0.262 e. The van der Waals surface area contributed by atoms with Gasteiger partial charge in [-0.3, -0.25) is 10.0 Å². The van der Waals surface area contributed by atoms with Gasteiger partial charge in [-0.25, -0.2) is 5.43 Å². The minimum absolute atomic E-state index is 0.185. The molecule has 1 heterocycles. The van der Waals surface area contributed by atoms with Crippen molar-refractivity contribution < 1.29 is 0 Å². The Labute approximate surface area is 98.2 Å². The number of para-hydroxylation sites is 1. The molecular formula is C13H21N3. The van der Waals surface area contributed by atoms with Crippen LogP contribution in [0.2, 0.25) is 0 Å². The lowest BCUT2D eigenvalue weighted by Crippen LogP contribution is -2.39. The van der Waals surface area contributed by atoms with Crippen molar-refractivity contribution in [2.75, 3.05) is 5.01 Å². The number of aliphatic imine (C=N–C) groups is 1. The van der Waals surface area contributed by atoms with Crippen LogP contribution in [0, 0.1) is 0 Å². The highest BCUT2D eigenvalue weighted by Gasteiger charge is 2.20. The lowest BCUT2D eigenvalue weighted by molar-refractivity contribution is 0.632. The second-order valence-corrected chi connectivity index (χ2v) is 3.37. The highest BCUT2D eigenvalue weighted by Crippen LogP contribution is 2.17. The number of benzene rings is 1. The summed E-state index contributed by atoms with van der Waals surface area (Å²) in [6.45, 7) is 8.17. The molecule has 0 saturated heterocycles. The van der Waals surface area contributed by atoms with Crippen LogP contribution in [0.25, 0.3) is 0 Å².